The predicted octanol–water partition coefficient (Wildman–Crippen LogP) is 2.43. The largest absolute Gasteiger partial charge is 0.508 e. The van der Waals surface area contributed by atoms with Gasteiger partial charge >= 0.3 is 0 Å². The summed E-state index contributed by atoms with van der Waals surface area (Å²) < 4.78 is 2.06. The van der Waals surface area contributed by atoms with Gasteiger partial charge < -0.3 is 9.67 Å². The van der Waals surface area contributed by atoms with Crippen molar-refractivity contribution in [3.63, 3.8) is 0 Å². The fourth-order valence-corrected chi connectivity index (χ4v) is 2.04. The van der Waals surface area contributed by atoms with Gasteiger partial charge in [-0.05, 0) is 18.2 Å². The zero-order valence-electron chi connectivity index (χ0n) is 8.31. The summed E-state index contributed by atoms with van der Waals surface area (Å²) in [5.74, 6) is 0.293. The Hall–Kier alpha value is -2.03. The fraction of sp³-hybridized carbons (Fsp3) is 0.0833. The second-order valence-corrected chi connectivity index (χ2v) is 3.65. The lowest BCUT2D eigenvalue weighted by molar-refractivity contribution is 0.476. The molecule has 0 saturated carbocycles. The van der Waals surface area contributed by atoms with Gasteiger partial charge in [-0.15, -0.1) is 0 Å². The molecule has 0 saturated heterocycles. The summed E-state index contributed by atoms with van der Waals surface area (Å²) in [6.07, 6.45) is 3.63. The van der Waals surface area contributed by atoms with Gasteiger partial charge in [0.25, 0.3) is 0 Å². The second kappa shape index (κ2) is 2.73. The third-order valence-electron chi connectivity index (χ3n) is 2.79. The lowest BCUT2D eigenvalue weighted by Gasteiger charge is -1.97. The van der Waals surface area contributed by atoms with Crippen LogP contribution in [-0.2, 0) is 7.05 Å². The molecule has 1 N–H and O–H groups in total. The lowest BCUT2D eigenvalue weighted by atomic mass is 10.2. The molecule has 0 radical (unpaired) electrons. The van der Waals surface area contributed by atoms with E-state index in [9.17, 15) is 5.11 Å². The van der Waals surface area contributed by atoms with Crippen molar-refractivity contribution in [1.82, 2.24) is 9.55 Å². The van der Waals surface area contributed by atoms with E-state index in [-0.39, 0.29) is 0 Å². The number of aromatic nitrogens is 2. The van der Waals surface area contributed by atoms with Crippen molar-refractivity contribution >= 4 is 21.8 Å². The first-order valence-electron chi connectivity index (χ1n) is 4.78. The van der Waals surface area contributed by atoms with Gasteiger partial charge in [0.1, 0.15) is 5.75 Å². The van der Waals surface area contributed by atoms with Crippen LogP contribution in [0, 0.1) is 0 Å². The molecule has 0 aliphatic carbocycles. The van der Waals surface area contributed by atoms with Crippen LogP contribution in [0.3, 0.4) is 0 Å². The topological polar surface area (TPSA) is 38.0 Å². The Balaban J connectivity index is 2.63. The molecule has 0 atom stereocenters. The number of rotatable bonds is 0. The average Bonchev–Trinajstić information content (AvgIpc) is 2.54. The minimum atomic E-state index is 0.293. The van der Waals surface area contributed by atoms with E-state index >= 15 is 0 Å². The van der Waals surface area contributed by atoms with E-state index in [1.54, 1.807) is 18.3 Å². The Labute approximate surface area is 86.6 Å². The zero-order chi connectivity index (χ0) is 10.4. The summed E-state index contributed by atoms with van der Waals surface area (Å²) in [5.41, 5.74) is 2.16. The van der Waals surface area contributed by atoms with Crippen molar-refractivity contribution in [3.05, 3.63) is 36.7 Å². The zero-order valence-corrected chi connectivity index (χ0v) is 8.31. The third-order valence-corrected chi connectivity index (χ3v) is 2.79. The van der Waals surface area contributed by atoms with Crippen LogP contribution < -0.4 is 0 Å². The maximum atomic E-state index is 9.45. The number of fused-ring (bicyclic) bond motifs is 3. The van der Waals surface area contributed by atoms with Crippen LogP contribution >= 0.6 is 0 Å². The van der Waals surface area contributed by atoms with Gasteiger partial charge in [-0.3, -0.25) is 4.98 Å². The molecule has 3 rings (SSSR count). The Morgan fingerprint density at radius 3 is 2.87 bits per heavy atom. The van der Waals surface area contributed by atoms with Crippen molar-refractivity contribution in [2.75, 3.05) is 0 Å². The molecule has 0 aliphatic heterocycles. The number of hydrogen-bond donors (Lipinski definition) is 1. The van der Waals surface area contributed by atoms with Crippen molar-refractivity contribution in [3.8, 4) is 5.75 Å². The molecule has 3 heteroatoms. The first-order valence-corrected chi connectivity index (χ1v) is 4.78. The highest BCUT2D eigenvalue weighted by Gasteiger charge is 2.07. The van der Waals surface area contributed by atoms with Crippen LogP contribution in [0.1, 0.15) is 0 Å². The summed E-state index contributed by atoms with van der Waals surface area (Å²) >= 11 is 0. The van der Waals surface area contributed by atoms with Crippen LogP contribution in [0.2, 0.25) is 0 Å². The Morgan fingerprint density at radius 2 is 2.00 bits per heavy atom. The van der Waals surface area contributed by atoms with Crippen molar-refractivity contribution in [2.45, 2.75) is 0 Å². The van der Waals surface area contributed by atoms with Crippen LogP contribution in [0.4, 0.5) is 0 Å². The number of aryl methyl sites for hydroxylation is 1. The normalized spacial score (nSPS) is 11.3. The highest BCUT2D eigenvalue weighted by molar-refractivity contribution is 6.07. The molecular weight excluding hydrogens is 188 g/mol. The molecule has 74 valence electrons. The molecule has 3 nitrogen and oxygen atoms in total. The summed E-state index contributed by atoms with van der Waals surface area (Å²) in [7, 11) is 1.99. The molecule has 1 aromatic carbocycles. The average molecular weight is 198 g/mol. The van der Waals surface area contributed by atoms with Gasteiger partial charge in [0, 0.05) is 36.3 Å². The van der Waals surface area contributed by atoms with Crippen LogP contribution in [0.15, 0.2) is 36.7 Å². The van der Waals surface area contributed by atoms with E-state index < -0.39 is 0 Å². The first-order chi connectivity index (χ1) is 7.27. The van der Waals surface area contributed by atoms with E-state index in [0.717, 1.165) is 21.8 Å². The molecular formula is C12H10N2O. The highest BCUT2D eigenvalue weighted by atomic mass is 16.3. The SMILES string of the molecule is Cn1c2ccncc2c2ccc(O)cc21. The second-order valence-electron chi connectivity index (χ2n) is 3.65. The number of pyridine rings is 1. The van der Waals surface area contributed by atoms with E-state index in [2.05, 4.69) is 9.55 Å². The van der Waals surface area contributed by atoms with Crippen molar-refractivity contribution < 1.29 is 5.11 Å². The lowest BCUT2D eigenvalue weighted by Crippen LogP contribution is -1.85. The number of phenols is 1. The van der Waals surface area contributed by atoms with E-state index in [1.807, 2.05) is 25.4 Å². The Bertz CT molecular complexity index is 655. The van der Waals surface area contributed by atoms with Crippen LogP contribution in [0.5, 0.6) is 5.75 Å². The Kier molecular flexibility index (Phi) is 1.51. The quantitative estimate of drug-likeness (QED) is 0.602. The van der Waals surface area contributed by atoms with Gasteiger partial charge in [0.15, 0.2) is 0 Å². The van der Waals surface area contributed by atoms with Gasteiger partial charge in [-0.1, -0.05) is 0 Å². The van der Waals surface area contributed by atoms with Crippen LogP contribution in [0.25, 0.3) is 21.8 Å². The first kappa shape index (κ1) is 8.29. The number of aromatic hydroxyl groups is 1. The van der Waals surface area contributed by atoms with Gasteiger partial charge in [0.2, 0.25) is 0 Å². The molecule has 2 heterocycles. The third kappa shape index (κ3) is 1.03. The predicted molar refractivity (Wildman–Crippen MR) is 59.9 cm³/mol. The highest BCUT2D eigenvalue weighted by Crippen LogP contribution is 2.29. The van der Waals surface area contributed by atoms with Gasteiger partial charge in [-0.25, -0.2) is 0 Å². The van der Waals surface area contributed by atoms with E-state index in [1.165, 1.54) is 0 Å². The minimum Gasteiger partial charge on any atom is -0.508 e. The number of phenolic OH excluding ortho intramolecular Hbond substituents is 1. The molecule has 0 fully saturated rings. The molecule has 0 aliphatic rings. The molecule has 0 spiro atoms. The molecule has 15 heavy (non-hydrogen) atoms. The maximum Gasteiger partial charge on any atom is 0.117 e. The fourth-order valence-electron chi connectivity index (χ4n) is 2.04. The number of nitrogens with zero attached hydrogens (tertiary/aromatic N) is 2. The molecule has 0 unspecified atom stereocenters. The van der Waals surface area contributed by atoms with Gasteiger partial charge in [-0.2, -0.15) is 0 Å². The monoisotopic (exact) mass is 198 g/mol. The van der Waals surface area contributed by atoms with E-state index in [4.69, 9.17) is 0 Å². The molecule has 3 aromatic rings. The number of benzene rings is 1. The summed E-state index contributed by atoms with van der Waals surface area (Å²) in [6, 6.07) is 7.38. The van der Waals surface area contributed by atoms with E-state index in [0.29, 0.717) is 5.75 Å². The maximum absolute atomic E-state index is 9.45. The Morgan fingerprint density at radius 1 is 1.13 bits per heavy atom. The summed E-state index contributed by atoms with van der Waals surface area (Å²) in [6.45, 7) is 0. The molecule has 2 aromatic heterocycles. The number of hydrogen-bond acceptors (Lipinski definition) is 2. The van der Waals surface area contributed by atoms with Crippen LogP contribution in [-0.4, -0.2) is 14.7 Å². The van der Waals surface area contributed by atoms with Crippen molar-refractivity contribution in [1.29, 1.82) is 0 Å². The standard InChI is InChI=1S/C12H10N2O/c1-14-11-4-5-13-7-10(11)9-3-2-8(15)6-12(9)14/h2-7,15H,1H3. The molecule has 0 amide bonds. The van der Waals surface area contributed by atoms with Gasteiger partial charge in [0.05, 0.1) is 11.0 Å². The van der Waals surface area contributed by atoms with Crippen molar-refractivity contribution in [2.24, 2.45) is 7.05 Å². The smallest absolute Gasteiger partial charge is 0.117 e. The summed E-state index contributed by atoms with van der Waals surface area (Å²) in [4.78, 5) is 4.12. The minimum absolute atomic E-state index is 0.293. The summed E-state index contributed by atoms with van der Waals surface area (Å²) in [5, 5.41) is 11.7. The molecule has 0 bridgehead atoms.